The van der Waals surface area contributed by atoms with Gasteiger partial charge in [-0.15, -0.1) is 0 Å². The van der Waals surface area contributed by atoms with Gasteiger partial charge in [0.05, 0.1) is 10.9 Å². The van der Waals surface area contributed by atoms with Crippen LogP contribution in [0, 0.1) is 0 Å². The lowest BCUT2D eigenvalue weighted by Gasteiger charge is -2.23. The molecule has 0 bridgehead atoms. The fourth-order valence-electron chi connectivity index (χ4n) is 1.84. The molecule has 2 aromatic rings. The first-order valence-electron chi connectivity index (χ1n) is 5.91. The summed E-state index contributed by atoms with van der Waals surface area (Å²) in [6, 6.07) is 6.60. The van der Waals surface area contributed by atoms with Gasteiger partial charge in [-0.05, 0) is 37.2 Å². The number of nitrogens with one attached hydrogen (secondary N) is 1. The van der Waals surface area contributed by atoms with Gasteiger partial charge in [0.1, 0.15) is 0 Å². The first-order valence-corrected chi connectivity index (χ1v) is 7.81. The Morgan fingerprint density at radius 1 is 1.32 bits per heavy atom. The van der Waals surface area contributed by atoms with E-state index in [-0.39, 0.29) is 10.9 Å². The Kier molecular flexibility index (Phi) is 2.87. The van der Waals surface area contributed by atoms with E-state index in [0.717, 1.165) is 18.5 Å². The molecule has 2 heterocycles. The van der Waals surface area contributed by atoms with Gasteiger partial charge in [-0.2, -0.15) is 4.98 Å². The second-order valence-corrected chi connectivity index (χ2v) is 6.56. The molecule has 1 atom stereocenters. The first-order chi connectivity index (χ1) is 9.04. The number of sulfone groups is 1. The van der Waals surface area contributed by atoms with Crippen LogP contribution in [0.15, 0.2) is 33.7 Å². The summed E-state index contributed by atoms with van der Waals surface area (Å²) in [6.45, 7) is 0.964. The normalized spacial score (nSPS) is 19.1. The molecule has 0 radical (unpaired) electrons. The van der Waals surface area contributed by atoms with Gasteiger partial charge in [-0.25, -0.2) is 8.42 Å². The summed E-state index contributed by atoms with van der Waals surface area (Å²) in [5.74, 6) is 1.05. The Balaban J connectivity index is 1.87. The molecule has 0 unspecified atom stereocenters. The molecular weight excluding hydrogens is 266 g/mol. The van der Waals surface area contributed by atoms with Gasteiger partial charge in [0.2, 0.25) is 11.7 Å². The monoisotopic (exact) mass is 279 g/mol. The Hall–Kier alpha value is -1.73. The summed E-state index contributed by atoms with van der Waals surface area (Å²) >= 11 is 0. The van der Waals surface area contributed by atoms with E-state index >= 15 is 0 Å². The van der Waals surface area contributed by atoms with Gasteiger partial charge in [0, 0.05) is 11.8 Å². The quantitative estimate of drug-likeness (QED) is 0.908. The van der Waals surface area contributed by atoms with E-state index in [9.17, 15) is 8.42 Å². The third kappa shape index (κ3) is 2.39. The molecule has 100 valence electrons. The van der Waals surface area contributed by atoms with Crippen molar-refractivity contribution in [2.75, 3.05) is 12.8 Å². The summed E-state index contributed by atoms with van der Waals surface area (Å²) < 4.78 is 27.9. The third-order valence-electron chi connectivity index (χ3n) is 3.10. The van der Waals surface area contributed by atoms with Crippen LogP contribution in [0.2, 0.25) is 0 Å². The zero-order valence-electron chi connectivity index (χ0n) is 10.3. The molecule has 0 saturated carbocycles. The van der Waals surface area contributed by atoms with Crippen LogP contribution >= 0.6 is 0 Å². The number of rotatable bonds is 3. The molecule has 0 aliphatic carbocycles. The van der Waals surface area contributed by atoms with Gasteiger partial charge in [0.25, 0.3) is 0 Å². The van der Waals surface area contributed by atoms with E-state index < -0.39 is 9.84 Å². The van der Waals surface area contributed by atoms with Crippen LogP contribution in [0.3, 0.4) is 0 Å². The molecule has 0 spiro atoms. The lowest BCUT2D eigenvalue weighted by atomic mass is 10.1. The molecule has 1 N–H and O–H groups in total. The molecule has 19 heavy (non-hydrogen) atoms. The summed E-state index contributed by atoms with van der Waals surface area (Å²) in [4.78, 5) is 4.58. The Bertz CT molecular complexity index is 687. The van der Waals surface area contributed by atoms with Crippen LogP contribution in [0.25, 0.3) is 11.4 Å². The molecule has 0 amide bonds. The van der Waals surface area contributed by atoms with Crippen molar-refractivity contribution in [3.63, 3.8) is 0 Å². The van der Waals surface area contributed by atoms with Gasteiger partial charge in [0.15, 0.2) is 9.84 Å². The summed E-state index contributed by atoms with van der Waals surface area (Å²) in [5.41, 5.74) is 0.738. The number of benzene rings is 1. The number of aromatic nitrogens is 2. The fraction of sp³-hybridized carbons (Fsp3) is 0.333. The van der Waals surface area contributed by atoms with Crippen molar-refractivity contribution in [1.29, 1.82) is 0 Å². The molecule has 1 saturated heterocycles. The van der Waals surface area contributed by atoms with E-state index in [1.807, 2.05) is 0 Å². The van der Waals surface area contributed by atoms with Crippen LogP contribution in [-0.2, 0) is 9.84 Å². The minimum Gasteiger partial charge on any atom is -0.337 e. The molecule has 1 aliphatic rings. The molecule has 6 nitrogen and oxygen atoms in total. The van der Waals surface area contributed by atoms with Crippen molar-refractivity contribution < 1.29 is 12.9 Å². The van der Waals surface area contributed by atoms with Crippen molar-refractivity contribution in [2.24, 2.45) is 0 Å². The predicted octanol–water partition coefficient (Wildman–Crippen LogP) is 1.17. The van der Waals surface area contributed by atoms with E-state index in [0.29, 0.717) is 11.7 Å². The summed E-state index contributed by atoms with van der Waals surface area (Å²) in [7, 11) is -3.18. The minimum absolute atomic E-state index is 0.150. The fourth-order valence-corrected chi connectivity index (χ4v) is 2.48. The highest BCUT2D eigenvalue weighted by molar-refractivity contribution is 7.90. The van der Waals surface area contributed by atoms with Crippen LogP contribution in [-0.4, -0.2) is 31.4 Å². The molecule has 1 aromatic heterocycles. The molecule has 7 heteroatoms. The maximum Gasteiger partial charge on any atom is 0.244 e. The minimum atomic E-state index is -3.18. The van der Waals surface area contributed by atoms with Gasteiger partial charge < -0.3 is 9.84 Å². The summed E-state index contributed by atoms with van der Waals surface area (Å²) in [5, 5.41) is 7.09. The van der Waals surface area contributed by atoms with Crippen LogP contribution in [0.4, 0.5) is 0 Å². The molecule has 1 fully saturated rings. The number of hydrogen-bond donors (Lipinski definition) is 1. The topological polar surface area (TPSA) is 85.1 Å². The van der Waals surface area contributed by atoms with E-state index in [1.165, 1.54) is 6.26 Å². The summed E-state index contributed by atoms with van der Waals surface area (Å²) in [6.07, 6.45) is 2.17. The van der Waals surface area contributed by atoms with E-state index in [2.05, 4.69) is 15.5 Å². The van der Waals surface area contributed by atoms with Crippen molar-refractivity contribution in [2.45, 2.75) is 17.4 Å². The average molecular weight is 279 g/mol. The zero-order chi connectivity index (χ0) is 13.5. The SMILES string of the molecule is CS(=O)(=O)c1ccc(-c2noc([C@H]3CCN3)n2)cc1. The zero-order valence-corrected chi connectivity index (χ0v) is 11.1. The first kappa shape index (κ1) is 12.3. The van der Waals surface area contributed by atoms with Crippen molar-refractivity contribution in [3.05, 3.63) is 30.2 Å². The third-order valence-corrected chi connectivity index (χ3v) is 4.23. The van der Waals surface area contributed by atoms with Crippen molar-refractivity contribution in [3.8, 4) is 11.4 Å². The van der Waals surface area contributed by atoms with E-state index in [4.69, 9.17) is 4.52 Å². The van der Waals surface area contributed by atoms with Gasteiger partial charge in [-0.1, -0.05) is 5.16 Å². The van der Waals surface area contributed by atoms with E-state index in [1.54, 1.807) is 24.3 Å². The van der Waals surface area contributed by atoms with Crippen molar-refractivity contribution in [1.82, 2.24) is 15.5 Å². The Morgan fingerprint density at radius 3 is 2.53 bits per heavy atom. The van der Waals surface area contributed by atoms with Crippen LogP contribution in [0.5, 0.6) is 0 Å². The largest absolute Gasteiger partial charge is 0.337 e. The smallest absolute Gasteiger partial charge is 0.244 e. The Morgan fingerprint density at radius 2 is 2.00 bits per heavy atom. The number of hydrogen-bond acceptors (Lipinski definition) is 6. The van der Waals surface area contributed by atoms with Crippen molar-refractivity contribution >= 4 is 9.84 Å². The highest BCUT2D eigenvalue weighted by Gasteiger charge is 2.24. The van der Waals surface area contributed by atoms with Crippen LogP contribution in [0.1, 0.15) is 18.4 Å². The van der Waals surface area contributed by atoms with Gasteiger partial charge in [-0.3, -0.25) is 0 Å². The number of nitrogens with zero attached hydrogens (tertiary/aromatic N) is 2. The average Bonchev–Trinajstić information content (AvgIpc) is 2.75. The second kappa shape index (κ2) is 4.43. The molecule has 1 aliphatic heterocycles. The standard InChI is InChI=1S/C12H13N3O3S/c1-19(16,17)9-4-2-8(3-5-9)11-14-12(18-15-11)10-6-7-13-10/h2-5,10,13H,6-7H2,1H3/t10-/m1/s1. The highest BCUT2D eigenvalue weighted by atomic mass is 32.2. The highest BCUT2D eigenvalue weighted by Crippen LogP contribution is 2.24. The Labute approximate surface area is 110 Å². The second-order valence-electron chi connectivity index (χ2n) is 4.55. The molecule has 1 aromatic carbocycles. The molecular formula is C12H13N3O3S. The lowest BCUT2D eigenvalue weighted by Crippen LogP contribution is -2.35. The maximum absolute atomic E-state index is 11.4. The lowest BCUT2D eigenvalue weighted by molar-refractivity contribution is 0.273. The molecule has 3 rings (SSSR count). The van der Waals surface area contributed by atoms with Gasteiger partial charge >= 0.3 is 0 Å². The predicted molar refractivity (Wildman–Crippen MR) is 68.2 cm³/mol. The van der Waals surface area contributed by atoms with Crippen LogP contribution < -0.4 is 5.32 Å². The maximum atomic E-state index is 11.4.